The molecule has 0 radical (unpaired) electrons. The number of hydrogen-bond acceptors (Lipinski definition) is 5. The van der Waals surface area contributed by atoms with E-state index in [4.69, 9.17) is 25.8 Å². The number of nitrogens with zero attached hydrogens (tertiary/aromatic N) is 1. The molecule has 2 heterocycles. The van der Waals surface area contributed by atoms with Gasteiger partial charge in [0, 0.05) is 11.6 Å². The molecular formula is C29H27ClN2O5. The fourth-order valence-corrected chi connectivity index (χ4v) is 4.22. The van der Waals surface area contributed by atoms with Crippen molar-refractivity contribution in [2.75, 3.05) is 18.2 Å². The number of hydrogen-bond donors (Lipinski definition) is 1. The number of carbonyl (C=O) groups is 2. The first-order chi connectivity index (χ1) is 17.7. The average Bonchev–Trinajstić information content (AvgIpc) is 3.34. The van der Waals surface area contributed by atoms with Crippen molar-refractivity contribution in [1.29, 1.82) is 0 Å². The third-order valence-electron chi connectivity index (χ3n) is 6.19. The summed E-state index contributed by atoms with van der Waals surface area (Å²) in [6.45, 7) is 6.59. The third-order valence-corrected chi connectivity index (χ3v) is 6.44. The van der Waals surface area contributed by atoms with E-state index >= 15 is 0 Å². The molecule has 0 fully saturated rings. The first-order valence-electron chi connectivity index (χ1n) is 11.9. The summed E-state index contributed by atoms with van der Waals surface area (Å²) in [5, 5.41) is 3.50. The second kappa shape index (κ2) is 9.82. The van der Waals surface area contributed by atoms with E-state index in [0.717, 1.165) is 16.7 Å². The molecule has 0 aliphatic carbocycles. The minimum absolute atomic E-state index is 0.127. The Kier molecular flexibility index (Phi) is 6.56. The van der Waals surface area contributed by atoms with Gasteiger partial charge in [0.15, 0.2) is 23.0 Å². The SMILES string of the molecule is CC(C)(C)c1ccc2c(c1)N(CC(=O)NCc1ccc3c(c1)OCO3)C(=O)C(=Cc1ccc(Cl)cc1)O2. The topological polar surface area (TPSA) is 77.1 Å². The van der Waals surface area contributed by atoms with E-state index in [9.17, 15) is 9.59 Å². The summed E-state index contributed by atoms with van der Waals surface area (Å²) >= 11 is 6.00. The maximum absolute atomic E-state index is 13.6. The fourth-order valence-electron chi connectivity index (χ4n) is 4.10. The van der Waals surface area contributed by atoms with Crippen LogP contribution in [0.2, 0.25) is 5.02 Å². The normalized spacial score (nSPS) is 15.4. The van der Waals surface area contributed by atoms with E-state index in [1.54, 1.807) is 30.3 Å². The number of anilines is 1. The van der Waals surface area contributed by atoms with E-state index in [1.807, 2.05) is 36.4 Å². The standard InChI is InChI=1S/C29H27ClN2O5/c1-29(2,3)20-7-11-23-22(14-20)32(28(34)26(37-23)12-18-4-8-21(30)9-5-18)16-27(33)31-15-19-6-10-24-25(13-19)36-17-35-24/h4-14H,15-17H2,1-3H3,(H,31,33). The van der Waals surface area contributed by atoms with Crippen LogP contribution in [0.4, 0.5) is 5.69 Å². The van der Waals surface area contributed by atoms with Gasteiger partial charge in [-0.2, -0.15) is 0 Å². The number of ether oxygens (including phenoxy) is 3. The van der Waals surface area contributed by atoms with Crippen LogP contribution < -0.4 is 24.4 Å². The minimum atomic E-state index is -0.397. The largest absolute Gasteiger partial charge is 0.454 e. The molecule has 0 unspecified atom stereocenters. The lowest BCUT2D eigenvalue weighted by molar-refractivity contribution is -0.123. The number of carbonyl (C=O) groups excluding carboxylic acids is 2. The van der Waals surface area contributed by atoms with E-state index in [1.165, 1.54) is 4.90 Å². The number of benzene rings is 3. The number of nitrogens with one attached hydrogen (secondary N) is 1. The van der Waals surface area contributed by atoms with Crippen molar-refractivity contribution in [3.63, 3.8) is 0 Å². The van der Waals surface area contributed by atoms with Crippen molar-refractivity contribution in [2.24, 2.45) is 0 Å². The molecule has 5 rings (SSSR count). The van der Waals surface area contributed by atoms with Gasteiger partial charge in [-0.15, -0.1) is 0 Å². The Morgan fingerprint density at radius 2 is 1.73 bits per heavy atom. The second-order valence-electron chi connectivity index (χ2n) is 9.95. The summed E-state index contributed by atoms with van der Waals surface area (Å²) in [5.74, 6) is 1.27. The zero-order valence-corrected chi connectivity index (χ0v) is 21.6. The Bertz CT molecular complexity index is 1390. The van der Waals surface area contributed by atoms with Gasteiger partial charge in [0.05, 0.1) is 5.69 Å². The molecule has 190 valence electrons. The number of rotatable bonds is 5. The molecule has 2 aliphatic rings. The lowest BCUT2D eigenvalue weighted by Gasteiger charge is -2.32. The molecule has 0 spiro atoms. The highest BCUT2D eigenvalue weighted by Crippen LogP contribution is 2.39. The molecule has 0 aromatic heterocycles. The fraction of sp³-hybridized carbons (Fsp3) is 0.241. The molecule has 0 saturated carbocycles. The second-order valence-corrected chi connectivity index (χ2v) is 10.4. The Labute approximate surface area is 220 Å². The van der Waals surface area contributed by atoms with Gasteiger partial charge in [-0.05, 0) is 64.6 Å². The van der Waals surface area contributed by atoms with Crippen LogP contribution in [0.15, 0.2) is 66.4 Å². The average molecular weight is 519 g/mol. The number of amides is 2. The van der Waals surface area contributed by atoms with Crippen molar-refractivity contribution in [1.82, 2.24) is 5.32 Å². The van der Waals surface area contributed by atoms with Gasteiger partial charge in [-0.1, -0.05) is 56.6 Å². The van der Waals surface area contributed by atoms with Crippen molar-refractivity contribution >= 4 is 35.2 Å². The van der Waals surface area contributed by atoms with Gasteiger partial charge in [-0.3, -0.25) is 14.5 Å². The molecule has 0 saturated heterocycles. The summed E-state index contributed by atoms with van der Waals surface area (Å²) < 4.78 is 16.8. The Hall–Kier alpha value is -3.97. The smallest absolute Gasteiger partial charge is 0.294 e. The van der Waals surface area contributed by atoms with Crippen LogP contribution in [0.1, 0.15) is 37.5 Å². The quantitative estimate of drug-likeness (QED) is 0.454. The van der Waals surface area contributed by atoms with Crippen LogP contribution in [0.5, 0.6) is 17.2 Å². The predicted octanol–water partition coefficient (Wildman–Crippen LogP) is 5.45. The van der Waals surface area contributed by atoms with Crippen LogP contribution in [0.3, 0.4) is 0 Å². The van der Waals surface area contributed by atoms with Crippen LogP contribution in [0, 0.1) is 0 Å². The number of fused-ring (bicyclic) bond motifs is 2. The molecule has 37 heavy (non-hydrogen) atoms. The molecule has 0 atom stereocenters. The van der Waals surface area contributed by atoms with Crippen LogP contribution in [-0.2, 0) is 21.5 Å². The Balaban J connectivity index is 1.40. The zero-order valence-electron chi connectivity index (χ0n) is 20.8. The monoisotopic (exact) mass is 518 g/mol. The predicted molar refractivity (Wildman–Crippen MR) is 142 cm³/mol. The lowest BCUT2D eigenvalue weighted by atomic mass is 9.86. The molecule has 2 amide bonds. The first-order valence-corrected chi connectivity index (χ1v) is 12.3. The summed E-state index contributed by atoms with van der Waals surface area (Å²) in [4.78, 5) is 28.0. The van der Waals surface area contributed by atoms with Crippen LogP contribution in [0.25, 0.3) is 6.08 Å². The van der Waals surface area contributed by atoms with Crippen LogP contribution >= 0.6 is 11.6 Å². The third kappa shape index (κ3) is 5.42. The highest BCUT2D eigenvalue weighted by molar-refractivity contribution is 6.30. The van der Waals surface area contributed by atoms with E-state index in [-0.39, 0.29) is 37.0 Å². The maximum atomic E-state index is 13.6. The van der Waals surface area contributed by atoms with Crippen molar-refractivity contribution in [3.05, 3.63) is 88.1 Å². The Morgan fingerprint density at radius 1 is 1.00 bits per heavy atom. The van der Waals surface area contributed by atoms with Crippen molar-refractivity contribution < 1.29 is 23.8 Å². The highest BCUT2D eigenvalue weighted by Gasteiger charge is 2.33. The summed E-state index contributed by atoms with van der Waals surface area (Å²) in [5.41, 5.74) is 3.06. The lowest BCUT2D eigenvalue weighted by Crippen LogP contribution is -2.44. The molecular weight excluding hydrogens is 492 g/mol. The zero-order chi connectivity index (χ0) is 26.2. The molecule has 0 bridgehead atoms. The van der Waals surface area contributed by atoms with E-state index in [2.05, 4.69) is 26.1 Å². The van der Waals surface area contributed by atoms with Gasteiger partial charge >= 0.3 is 0 Å². The van der Waals surface area contributed by atoms with Gasteiger partial charge in [0.2, 0.25) is 12.7 Å². The molecule has 3 aromatic rings. The van der Waals surface area contributed by atoms with Crippen LogP contribution in [-0.4, -0.2) is 25.2 Å². The molecule has 7 nitrogen and oxygen atoms in total. The maximum Gasteiger partial charge on any atom is 0.294 e. The van der Waals surface area contributed by atoms with Crippen molar-refractivity contribution in [3.8, 4) is 17.2 Å². The van der Waals surface area contributed by atoms with Gasteiger partial charge in [-0.25, -0.2) is 0 Å². The van der Waals surface area contributed by atoms with Gasteiger partial charge < -0.3 is 19.5 Å². The summed E-state index contributed by atoms with van der Waals surface area (Å²) in [7, 11) is 0. The van der Waals surface area contributed by atoms with E-state index in [0.29, 0.717) is 28.0 Å². The minimum Gasteiger partial charge on any atom is -0.454 e. The molecule has 1 N–H and O–H groups in total. The summed E-state index contributed by atoms with van der Waals surface area (Å²) in [6.07, 6.45) is 1.65. The molecule has 3 aromatic carbocycles. The summed E-state index contributed by atoms with van der Waals surface area (Å²) in [6, 6.07) is 18.3. The first kappa shape index (κ1) is 24.7. The molecule has 2 aliphatic heterocycles. The highest BCUT2D eigenvalue weighted by atomic mass is 35.5. The van der Waals surface area contributed by atoms with Crippen molar-refractivity contribution in [2.45, 2.75) is 32.7 Å². The van der Waals surface area contributed by atoms with E-state index < -0.39 is 5.91 Å². The number of halogens is 1. The molecule has 8 heteroatoms. The Morgan fingerprint density at radius 3 is 2.49 bits per heavy atom. The van der Waals surface area contributed by atoms with Gasteiger partial charge in [0.25, 0.3) is 5.91 Å². The van der Waals surface area contributed by atoms with Gasteiger partial charge in [0.1, 0.15) is 6.54 Å².